The number of hydrogen-bond acceptors (Lipinski definition) is 3. The number of aromatic nitrogens is 1. The third-order valence-corrected chi connectivity index (χ3v) is 2.88. The molecule has 1 aromatic carbocycles. The van der Waals surface area contributed by atoms with Gasteiger partial charge in [-0.25, -0.2) is 4.98 Å². The van der Waals surface area contributed by atoms with Crippen molar-refractivity contribution in [2.75, 3.05) is 5.73 Å². The summed E-state index contributed by atoms with van der Waals surface area (Å²) in [4.78, 5) is 3.85. The van der Waals surface area contributed by atoms with Gasteiger partial charge in [0.2, 0.25) is 0 Å². The molecule has 0 spiro atoms. The maximum Gasteiger partial charge on any atom is 0.417 e. The molecule has 0 aliphatic heterocycles. The molecule has 6 heteroatoms. The van der Waals surface area contributed by atoms with Gasteiger partial charge in [-0.05, 0) is 6.07 Å². The molecule has 0 atom stereocenters. The summed E-state index contributed by atoms with van der Waals surface area (Å²) in [5.41, 5.74) is 4.77. The number of halogens is 3. The number of benzene rings is 1. The van der Waals surface area contributed by atoms with Crippen molar-refractivity contribution < 1.29 is 13.2 Å². The Morgan fingerprint density at radius 1 is 1.19 bits per heavy atom. The molecule has 0 bridgehead atoms. The van der Waals surface area contributed by atoms with E-state index in [0.29, 0.717) is 0 Å². The van der Waals surface area contributed by atoms with Crippen LogP contribution >= 0.6 is 11.3 Å². The zero-order valence-electron chi connectivity index (χ0n) is 7.95. The van der Waals surface area contributed by atoms with Crippen LogP contribution in [0.1, 0.15) is 5.56 Å². The summed E-state index contributed by atoms with van der Waals surface area (Å²) in [7, 11) is 0. The lowest BCUT2D eigenvalue weighted by atomic mass is 10.1. The quantitative estimate of drug-likeness (QED) is 0.834. The van der Waals surface area contributed by atoms with Gasteiger partial charge in [0, 0.05) is 10.9 Å². The van der Waals surface area contributed by atoms with E-state index in [2.05, 4.69) is 4.98 Å². The molecular formula is C10H7F3N2S. The zero-order chi connectivity index (χ0) is 11.8. The third-order valence-electron chi connectivity index (χ3n) is 1.98. The average Bonchev–Trinajstić information content (AvgIpc) is 2.64. The predicted octanol–water partition coefficient (Wildman–Crippen LogP) is 3.41. The van der Waals surface area contributed by atoms with E-state index in [-0.39, 0.29) is 16.4 Å². The second-order valence-electron chi connectivity index (χ2n) is 3.12. The molecule has 0 saturated carbocycles. The van der Waals surface area contributed by atoms with E-state index >= 15 is 0 Å². The van der Waals surface area contributed by atoms with E-state index in [1.54, 1.807) is 6.07 Å². The maximum absolute atomic E-state index is 12.7. The highest BCUT2D eigenvalue weighted by Crippen LogP contribution is 2.37. The Bertz CT molecular complexity index is 505. The normalized spacial score (nSPS) is 11.7. The number of thiazole rings is 1. The minimum absolute atomic E-state index is 0.0664. The van der Waals surface area contributed by atoms with Crippen molar-refractivity contribution in [2.45, 2.75) is 6.18 Å². The van der Waals surface area contributed by atoms with Crippen LogP contribution in [0.25, 0.3) is 10.6 Å². The lowest BCUT2D eigenvalue weighted by molar-refractivity contribution is -0.137. The summed E-state index contributed by atoms with van der Waals surface area (Å²) in [6.07, 6.45) is -4.38. The Hall–Kier alpha value is -1.56. The van der Waals surface area contributed by atoms with E-state index < -0.39 is 11.7 Å². The molecule has 0 unspecified atom stereocenters. The van der Waals surface area contributed by atoms with Crippen molar-refractivity contribution in [3.8, 4) is 10.6 Å². The molecule has 0 aliphatic rings. The SMILES string of the molecule is Nc1csc(-c2ccccc2C(F)(F)F)n1. The molecule has 2 rings (SSSR count). The van der Waals surface area contributed by atoms with E-state index in [1.807, 2.05) is 0 Å². The smallest absolute Gasteiger partial charge is 0.383 e. The van der Waals surface area contributed by atoms with Gasteiger partial charge < -0.3 is 5.73 Å². The summed E-state index contributed by atoms with van der Waals surface area (Å²) in [5.74, 6) is 0.233. The van der Waals surface area contributed by atoms with E-state index in [1.165, 1.54) is 17.5 Å². The Morgan fingerprint density at radius 2 is 1.88 bits per heavy atom. The van der Waals surface area contributed by atoms with E-state index in [0.717, 1.165) is 17.4 Å². The molecule has 16 heavy (non-hydrogen) atoms. The summed E-state index contributed by atoms with van der Waals surface area (Å²) in [6.45, 7) is 0. The molecule has 0 amide bonds. The van der Waals surface area contributed by atoms with Crippen LogP contribution in [-0.2, 0) is 6.18 Å². The van der Waals surface area contributed by atoms with Gasteiger partial charge >= 0.3 is 6.18 Å². The number of nitrogen functional groups attached to an aromatic ring is 1. The summed E-state index contributed by atoms with van der Waals surface area (Å²) >= 11 is 1.10. The molecule has 2 nitrogen and oxygen atoms in total. The first-order chi connectivity index (χ1) is 7.48. The monoisotopic (exact) mass is 244 g/mol. The van der Waals surface area contributed by atoms with Gasteiger partial charge in [-0.15, -0.1) is 11.3 Å². The molecule has 2 aromatic rings. The predicted molar refractivity (Wildman–Crippen MR) is 57.0 cm³/mol. The van der Waals surface area contributed by atoms with Crippen LogP contribution in [0.5, 0.6) is 0 Å². The lowest BCUT2D eigenvalue weighted by Gasteiger charge is -2.10. The second kappa shape index (κ2) is 3.79. The van der Waals surface area contributed by atoms with Gasteiger partial charge in [-0.1, -0.05) is 18.2 Å². The van der Waals surface area contributed by atoms with Crippen molar-refractivity contribution in [1.29, 1.82) is 0 Å². The molecule has 2 N–H and O–H groups in total. The lowest BCUT2D eigenvalue weighted by Crippen LogP contribution is -2.06. The third kappa shape index (κ3) is 2.01. The highest BCUT2D eigenvalue weighted by molar-refractivity contribution is 7.13. The number of hydrogen-bond donors (Lipinski definition) is 1. The largest absolute Gasteiger partial charge is 0.417 e. The van der Waals surface area contributed by atoms with Gasteiger partial charge in [0.1, 0.15) is 10.8 Å². The Labute approximate surface area is 93.5 Å². The first kappa shape index (κ1) is 10.9. The first-order valence-electron chi connectivity index (χ1n) is 4.36. The molecule has 0 saturated heterocycles. The summed E-state index contributed by atoms with van der Waals surface area (Å²) in [6, 6.07) is 5.32. The Kier molecular flexibility index (Phi) is 2.59. The number of rotatable bonds is 1. The van der Waals surface area contributed by atoms with Crippen molar-refractivity contribution in [1.82, 2.24) is 4.98 Å². The topological polar surface area (TPSA) is 38.9 Å². The highest BCUT2D eigenvalue weighted by Gasteiger charge is 2.33. The maximum atomic E-state index is 12.7. The standard InChI is InChI=1S/C10H7F3N2S/c11-10(12,13)7-4-2-1-3-6(7)9-15-8(14)5-16-9/h1-5H,14H2. The number of nitrogens with zero attached hydrogens (tertiary/aromatic N) is 1. The molecule has 84 valence electrons. The van der Waals surface area contributed by atoms with Crippen LogP contribution in [0.4, 0.5) is 19.0 Å². The molecule has 0 radical (unpaired) electrons. The van der Waals surface area contributed by atoms with Crippen LogP contribution in [0.3, 0.4) is 0 Å². The van der Waals surface area contributed by atoms with Crippen LogP contribution in [0.15, 0.2) is 29.6 Å². The van der Waals surface area contributed by atoms with Crippen molar-refractivity contribution in [2.24, 2.45) is 0 Å². The molecule has 0 aliphatic carbocycles. The zero-order valence-corrected chi connectivity index (χ0v) is 8.77. The van der Waals surface area contributed by atoms with Crippen LogP contribution in [-0.4, -0.2) is 4.98 Å². The fourth-order valence-corrected chi connectivity index (χ4v) is 2.07. The minimum atomic E-state index is -4.38. The number of anilines is 1. The second-order valence-corrected chi connectivity index (χ2v) is 3.98. The molecule has 1 heterocycles. The highest BCUT2D eigenvalue weighted by atomic mass is 32.1. The van der Waals surface area contributed by atoms with Gasteiger partial charge in [-0.2, -0.15) is 13.2 Å². The summed E-state index contributed by atoms with van der Waals surface area (Å²) in [5, 5.41) is 1.80. The van der Waals surface area contributed by atoms with Crippen molar-refractivity contribution in [3.05, 3.63) is 35.2 Å². The Morgan fingerprint density at radius 3 is 2.44 bits per heavy atom. The van der Waals surface area contributed by atoms with Gasteiger partial charge in [0.25, 0.3) is 0 Å². The summed E-state index contributed by atoms with van der Waals surface area (Å²) < 4.78 is 38.1. The van der Waals surface area contributed by atoms with Crippen molar-refractivity contribution >= 4 is 17.2 Å². The average molecular weight is 244 g/mol. The Balaban J connectivity index is 2.57. The fourth-order valence-electron chi connectivity index (χ4n) is 1.33. The van der Waals surface area contributed by atoms with Crippen LogP contribution in [0, 0.1) is 0 Å². The van der Waals surface area contributed by atoms with E-state index in [4.69, 9.17) is 5.73 Å². The van der Waals surface area contributed by atoms with Crippen molar-refractivity contribution in [3.63, 3.8) is 0 Å². The molecule has 0 fully saturated rings. The number of alkyl halides is 3. The van der Waals surface area contributed by atoms with Crippen LogP contribution in [0.2, 0.25) is 0 Å². The van der Waals surface area contributed by atoms with Crippen LogP contribution < -0.4 is 5.73 Å². The first-order valence-corrected chi connectivity index (χ1v) is 5.24. The van der Waals surface area contributed by atoms with Gasteiger partial charge in [0.05, 0.1) is 5.56 Å². The van der Waals surface area contributed by atoms with E-state index in [9.17, 15) is 13.2 Å². The van der Waals surface area contributed by atoms with Gasteiger partial charge in [-0.3, -0.25) is 0 Å². The number of nitrogens with two attached hydrogens (primary N) is 1. The van der Waals surface area contributed by atoms with Gasteiger partial charge in [0.15, 0.2) is 0 Å². The molecular weight excluding hydrogens is 237 g/mol. The fraction of sp³-hybridized carbons (Fsp3) is 0.100. The molecule has 1 aromatic heterocycles. The minimum Gasteiger partial charge on any atom is -0.383 e.